The Balaban J connectivity index is 0.000000380. The average molecular weight is 367 g/mol. The van der Waals surface area contributed by atoms with Crippen LogP contribution in [0.2, 0.25) is 0 Å². The lowest BCUT2D eigenvalue weighted by molar-refractivity contribution is -0.159. The molecule has 0 saturated carbocycles. The van der Waals surface area contributed by atoms with E-state index in [-0.39, 0.29) is 0 Å². The molecule has 27 heavy (non-hydrogen) atoms. The largest absolute Gasteiger partial charge is 0.473 e. The van der Waals surface area contributed by atoms with E-state index in [1.165, 1.54) is 16.7 Å². The molecule has 7 nitrogen and oxygen atoms in total. The summed E-state index contributed by atoms with van der Waals surface area (Å²) in [5, 5.41) is 22.1. The fourth-order valence-electron chi connectivity index (χ4n) is 2.53. The van der Waals surface area contributed by atoms with E-state index >= 15 is 0 Å². The quantitative estimate of drug-likeness (QED) is 0.599. The van der Waals surface area contributed by atoms with Gasteiger partial charge in [0.1, 0.15) is 0 Å². The standard InChI is InChI=1S/C18H19N3.C2H2O4/c1-21(13-15-8-4-2-5-9-15)14-17-12-19-20-18(17)16-10-6-3-7-11-16;3-1(4)2(5)6/h2-12H,13-14H2,1H3,(H,19,20);(H,3,4)(H,5,6). The maximum Gasteiger partial charge on any atom is 0.414 e. The van der Waals surface area contributed by atoms with Gasteiger partial charge in [0.15, 0.2) is 0 Å². The minimum absolute atomic E-state index is 0.871. The zero-order chi connectivity index (χ0) is 19.6. The molecule has 0 atom stereocenters. The summed E-state index contributed by atoms with van der Waals surface area (Å²) in [4.78, 5) is 20.5. The highest BCUT2D eigenvalue weighted by atomic mass is 16.4. The summed E-state index contributed by atoms with van der Waals surface area (Å²) in [7, 11) is 2.13. The van der Waals surface area contributed by atoms with Crippen molar-refractivity contribution in [1.29, 1.82) is 0 Å². The van der Waals surface area contributed by atoms with Gasteiger partial charge in [-0.25, -0.2) is 9.59 Å². The Labute approximate surface area is 156 Å². The first-order valence-electron chi connectivity index (χ1n) is 8.23. The molecule has 0 aliphatic carbocycles. The summed E-state index contributed by atoms with van der Waals surface area (Å²) >= 11 is 0. The summed E-state index contributed by atoms with van der Waals surface area (Å²) in [6, 6.07) is 20.9. The Morgan fingerprint density at radius 2 is 1.48 bits per heavy atom. The van der Waals surface area contributed by atoms with Gasteiger partial charge < -0.3 is 10.2 Å². The van der Waals surface area contributed by atoms with Crippen LogP contribution in [0.25, 0.3) is 11.3 Å². The molecule has 0 amide bonds. The first kappa shape index (κ1) is 19.9. The minimum atomic E-state index is -1.82. The van der Waals surface area contributed by atoms with Gasteiger partial charge in [-0.1, -0.05) is 60.7 Å². The van der Waals surface area contributed by atoms with Crippen molar-refractivity contribution in [2.75, 3.05) is 7.05 Å². The predicted octanol–water partition coefficient (Wildman–Crippen LogP) is 2.86. The van der Waals surface area contributed by atoms with Crippen LogP contribution >= 0.6 is 0 Å². The Bertz CT molecular complexity index is 851. The monoisotopic (exact) mass is 367 g/mol. The van der Waals surface area contributed by atoms with E-state index in [2.05, 4.69) is 58.5 Å². The second-order valence-corrected chi connectivity index (χ2v) is 5.90. The predicted molar refractivity (Wildman–Crippen MR) is 101 cm³/mol. The molecule has 0 bridgehead atoms. The molecule has 0 spiro atoms. The molecule has 0 radical (unpaired) electrons. The molecule has 0 aliphatic rings. The number of rotatable bonds is 5. The molecular formula is C20H21N3O4. The van der Waals surface area contributed by atoms with Crippen LogP contribution in [-0.4, -0.2) is 44.3 Å². The minimum Gasteiger partial charge on any atom is -0.473 e. The molecule has 0 saturated heterocycles. The van der Waals surface area contributed by atoms with E-state index < -0.39 is 11.9 Å². The molecule has 3 rings (SSSR count). The fraction of sp³-hybridized carbons (Fsp3) is 0.150. The van der Waals surface area contributed by atoms with Gasteiger partial charge in [-0.15, -0.1) is 0 Å². The molecule has 140 valence electrons. The number of aliphatic carboxylic acids is 2. The third kappa shape index (κ3) is 6.41. The summed E-state index contributed by atoms with van der Waals surface area (Å²) in [5.74, 6) is -3.65. The zero-order valence-corrected chi connectivity index (χ0v) is 14.9. The van der Waals surface area contributed by atoms with Crippen molar-refractivity contribution < 1.29 is 19.8 Å². The Morgan fingerprint density at radius 3 is 2.04 bits per heavy atom. The third-order valence-corrected chi connectivity index (χ3v) is 3.70. The topological polar surface area (TPSA) is 107 Å². The lowest BCUT2D eigenvalue weighted by atomic mass is 10.1. The van der Waals surface area contributed by atoms with Crippen LogP contribution in [0.1, 0.15) is 11.1 Å². The molecule has 3 N–H and O–H groups in total. The van der Waals surface area contributed by atoms with Crippen LogP contribution in [0.5, 0.6) is 0 Å². The number of carbonyl (C=O) groups is 2. The van der Waals surface area contributed by atoms with E-state index in [1.807, 2.05) is 30.5 Å². The Kier molecular flexibility index (Phi) is 7.27. The van der Waals surface area contributed by atoms with Crippen LogP contribution in [0.4, 0.5) is 0 Å². The molecule has 1 aromatic heterocycles. The van der Waals surface area contributed by atoms with Crippen molar-refractivity contribution in [3.63, 3.8) is 0 Å². The van der Waals surface area contributed by atoms with Crippen LogP contribution in [0.3, 0.4) is 0 Å². The number of carboxylic acids is 2. The summed E-state index contributed by atoms with van der Waals surface area (Å²) in [5.41, 5.74) is 4.83. The van der Waals surface area contributed by atoms with Gasteiger partial charge in [0.05, 0.1) is 11.9 Å². The number of nitrogens with zero attached hydrogens (tertiary/aromatic N) is 2. The average Bonchev–Trinajstić information content (AvgIpc) is 3.11. The Morgan fingerprint density at radius 1 is 0.926 bits per heavy atom. The van der Waals surface area contributed by atoms with Gasteiger partial charge in [0.25, 0.3) is 0 Å². The number of nitrogens with one attached hydrogen (secondary N) is 1. The number of aromatic nitrogens is 2. The van der Waals surface area contributed by atoms with E-state index in [0.717, 1.165) is 18.8 Å². The van der Waals surface area contributed by atoms with Gasteiger partial charge >= 0.3 is 11.9 Å². The normalized spacial score (nSPS) is 10.1. The van der Waals surface area contributed by atoms with Crippen molar-refractivity contribution in [3.05, 3.63) is 78.0 Å². The van der Waals surface area contributed by atoms with Gasteiger partial charge in [-0.3, -0.25) is 10.00 Å². The van der Waals surface area contributed by atoms with Gasteiger partial charge in [0.2, 0.25) is 0 Å². The lowest BCUT2D eigenvalue weighted by Crippen LogP contribution is -2.17. The lowest BCUT2D eigenvalue weighted by Gasteiger charge is -2.16. The zero-order valence-electron chi connectivity index (χ0n) is 14.9. The fourth-order valence-corrected chi connectivity index (χ4v) is 2.53. The number of H-pyrrole nitrogens is 1. The molecule has 3 aromatic rings. The molecule has 0 fully saturated rings. The van der Waals surface area contributed by atoms with Crippen molar-refractivity contribution in [1.82, 2.24) is 15.1 Å². The molecule has 0 unspecified atom stereocenters. The highest BCUT2D eigenvalue weighted by molar-refractivity contribution is 6.27. The first-order chi connectivity index (χ1) is 13.0. The number of hydrogen-bond acceptors (Lipinski definition) is 4. The van der Waals surface area contributed by atoms with Crippen molar-refractivity contribution in [3.8, 4) is 11.3 Å². The van der Waals surface area contributed by atoms with E-state index in [9.17, 15) is 0 Å². The maximum absolute atomic E-state index is 9.10. The van der Waals surface area contributed by atoms with Crippen molar-refractivity contribution in [2.45, 2.75) is 13.1 Å². The smallest absolute Gasteiger partial charge is 0.414 e. The number of aromatic amines is 1. The number of carboxylic acid groups (broad SMARTS) is 2. The number of benzene rings is 2. The SMILES string of the molecule is CN(Cc1ccccc1)Cc1cn[nH]c1-c1ccccc1.O=C(O)C(=O)O. The summed E-state index contributed by atoms with van der Waals surface area (Å²) in [6.07, 6.45) is 1.92. The molecule has 1 heterocycles. The van der Waals surface area contributed by atoms with Gasteiger partial charge in [0, 0.05) is 18.7 Å². The van der Waals surface area contributed by atoms with Crippen LogP contribution in [0, 0.1) is 0 Å². The van der Waals surface area contributed by atoms with Crippen molar-refractivity contribution >= 4 is 11.9 Å². The third-order valence-electron chi connectivity index (χ3n) is 3.70. The van der Waals surface area contributed by atoms with Crippen LogP contribution in [0.15, 0.2) is 66.9 Å². The van der Waals surface area contributed by atoms with Crippen LogP contribution in [-0.2, 0) is 22.7 Å². The molecule has 2 aromatic carbocycles. The van der Waals surface area contributed by atoms with E-state index in [0.29, 0.717) is 0 Å². The van der Waals surface area contributed by atoms with E-state index in [1.54, 1.807) is 0 Å². The first-order valence-corrected chi connectivity index (χ1v) is 8.23. The second kappa shape index (κ2) is 9.88. The highest BCUT2D eigenvalue weighted by Crippen LogP contribution is 2.22. The van der Waals surface area contributed by atoms with E-state index in [4.69, 9.17) is 19.8 Å². The molecule has 7 heteroatoms. The van der Waals surface area contributed by atoms with Crippen molar-refractivity contribution in [2.24, 2.45) is 0 Å². The maximum atomic E-state index is 9.10. The highest BCUT2D eigenvalue weighted by Gasteiger charge is 2.10. The number of hydrogen-bond donors (Lipinski definition) is 3. The summed E-state index contributed by atoms with van der Waals surface area (Å²) < 4.78 is 0. The van der Waals surface area contributed by atoms with Gasteiger partial charge in [-0.2, -0.15) is 5.10 Å². The van der Waals surface area contributed by atoms with Crippen LogP contribution < -0.4 is 0 Å². The second-order valence-electron chi connectivity index (χ2n) is 5.90. The molecule has 0 aliphatic heterocycles. The molecular weight excluding hydrogens is 346 g/mol. The van der Waals surface area contributed by atoms with Gasteiger partial charge in [-0.05, 0) is 18.2 Å². The Hall–Kier alpha value is -3.45. The summed E-state index contributed by atoms with van der Waals surface area (Å²) in [6.45, 7) is 1.80.